The lowest BCUT2D eigenvalue weighted by molar-refractivity contribution is 0.461. The van der Waals surface area contributed by atoms with Crippen molar-refractivity contribution >= 4 is 27.5 Å². The molecule has 0 spiro atoms. The molecule has 0 amide bonds. The van der Waals surface area contributed by atoms with E-state index in [4.69, 9.17) is 0 Å². The van der Waals surface area contributed by atoms with Gasteiger partial charge in [0.2, 0.25) is 0 Å². The van der Waals surface area contributed by atoms with Gasteiger partial charge >= 0.3 is 0 Å². The Morgan fingerprint density at radius 3 is 2.80 bits per heavy atom. The molecule has 0 aliphatic carbocycles. The minimum atomic E-state index is 0.634. The Bertz CT molecular complexity index is 908. The van der Waals surface area contributed by atoms with Crippen molar-refractivity contribution in [2.24, 2.45) is 12.0 Å². The molecule has 25 heavy (non-hydrogen) atoms. The molecule has 0 aliphatic rings. The number of halogens is 1. The molecule has 7 heteroatoms. The molecule has 3 aromatic heterocycles. The van der Waals surface area contributed by atoms with Crippen molar-refractivity contribution in [3.8, 4) is 0 Å². The maximum Gasteiger partial charge on any atom is 0.194 e. The van der Waals surface area contributed by atoms with Crippen LogP contribution in [0.2, 0.25) is 0 Å². The minimum absolute atomic E-state index is 0.634. The van der Waals surface area contributed by atoms with E-state index in [1.165, 1.54) is 11.4 Å². The molecule has 1 N–H and O–H groups in total. The number of hydrogen-bond donors (Lipinski definition) is 1. The molecule has 0 fully saturated rings. The number of fused-ring (bicyclic) bond motifs is 1. The molecule has 0 aromatic carbocycles. The average molecular weight is 403 g/mol. The lowest BCUT2D eigenvalue weighted by Crippen LogP contribution is -2.38. The molecule has 0 aliphatic heterocycles. The number of hydrogen-bond acceptors (Lipinski definition) is 2. The van der Waals surface area contributed by atoms with Gasteiger partial charge in [-0.15, -0.1) is 0 Å². The number of nitrogens with one attached hydrogen (secondary N) is 1. The Balaban J connectivity index is 1.67. The number of guanidine groups is 1. The Kier molecular flexibility index (Phi) is 5.13. The third-order valence-electron chi connectivity index (χ3n) is 4.22. The van der Waals surface area contributed by atoms with Crippen LogP contribution in [0.15, 0.2) is 46.1 Å². The van der Waals surface area contributed by atoms with Crippen LogP contribution in [0.4, 0.5) is 0 Å². The van der Waals surface area contributed by atoms with Crippen molar-refractivity contribution in [1.29, 1.82) is 0 Å². The van der Waals surface area contributed by atoms with Gasteiger partial charge in [-0.2, -0.15) is 0 Å². The van der Waals surface area contributed by atoms with Crippen LogP contribution in [0.1, 0.15) is 17.1 Å². The SMILES string of the molecule is CN=C(NCc1cn2c(C)cccc2n1)N(C)Cc1cc(Br)cn1C. The van der Waals surface area contributed by atoms with Crippen LogP contribution in [0.3, 0.4) is 0 Å². The van der Waals surface area contributed by atoms with E-state index in [9.17, 15) is 0 Å². The fraction of sp³-hybridized carbons (Fsp3) is 0.333. The molecular weight excluding hydrogens is 380 g/mol. The molecule has 0 unspecified atom stereocenters. The van der Waals surface area contributed by atoms with E-state index in [1.807, 2.05) is 26.2 Å². The zero-order valence-corrected chi connectivity index (χ0v) is 16.6. The monoisotopic (exact) mass is 402 g/mol. The van der Waals surface area contributed by atoms with Crippen LogP contribution in [-0.4, -0.2) is 38.9 Å². The standard InChI is InChI=1S/C18H23BrN6/c1-13-6-5-7-17-22-15(11-25(13)17)9-21-18(20-2)24(4)12-16-8-14(19)10-23(16)3/h5-8,10-11H,9,12H2,1-4H3,(H,20,21). The Morgan fingerprint density at radius 1 is 1.36 bits per heavy atom. The normalized spacial score (nSPS) is 12.0. The number of aromatic nitrogens is 3. The second-order valence-corrected chi connectivity index (χ2v) is 7.06. The molecule has 3 aromatic rings. The second-order valence-electron chi connectivity index (χ2n) is 6.14. The van der Waals surface area contributed by atoms with E-state index < -0.39 is 0 Å². The lowest BCUT2D eigenvalue weighted by atomic mass is 10.4. The van der Waals surface area contributed by atoms with Gasteiger partial charge in [0.05, 0.1) is 18.8 Å². The third-order valence-corrected chi connectivity index (χ3v) is 4.65. The first-order valence-electron chi connectivity index (χ1n) is 8.14. The quantitative estimate of drug-likeness (QED) is 0.538. The first-order chi connectivity index (χ1) is 12.0. The molecule has 132 valence electrons. The van der Waals surface area contributed by atoms with Crippen LogP contribution in [0.25, 0.3) is 5.65 Å². The number of rotatable bonds is 4. The number of nitrogens with zero attached hydrogens (tertiary/aromatic N) is 5. The van der Waals surface area contributed by atoms with Crippen LogP contribution >= 0.6 is 15.9 Å². The highest BCUT2D eigenvalue weighted by atomic mass is 79.9. The van der Waals surface area contributed by atoms with Crippen molar-refractivity contribution in [2.45, 2.75) is 20.0 Å². The first kappa shape index (κ1) is 17.5. The number of aryl methyl sites for hydroxylation is 2. The van der Waals surface area contributed by atoms with Crippen molar-refractivity contribution in [1.82, 2.24) is 24.2 Å². The number of pyridine rings is 1. The van der Waals surface area contributed by atoms with Crippen molar-refractivity contribution in [3.63, 3.8) is 0 Å². The average Bonchev–Trinajstić information content (AvgIpc) is 3.12. The van der Waals surface area contributed by atoms with Gasteiger partial charge in [-0.25, -0.2) is 4.98 Å². The molecular formula is C18H23BrN6. The lowest BCUT2D eigenvalue weighted by Gasteiger charge is -2.22. The van der Waals surface area contributed by atoms with E-state index in [0.29, 0.717) is 6.54 Å². The summed E-state index contributed by atoms with van der Waals surface area (Å²) in [6.07, 6.45) is 4.12. The molecule has 3 heterocycles. The highest BCUT2D eigenvalue weighted by Gasteiger charge is 2.10. The summed E-state index contributed by atoms with van der Waals surface area (Å²) in [7, 11) is 5.88. The van der Waals surface area contributed by atoms with Gasteiger partial charge < -0.3 is 19.2 Å². The summed E-state index contributed by atoms with van der Waals surface area (Å²) in [5.41, 5.74) is 4.34. The first-order valence-corrected chi connectivity index (χ1v) is 8.93. The molecule has 0 atom stereocenters. The summed E-state index contributed by atoms with van der Waals surface area (Å²) in [5.74, 6) is 0.839. The van der Waals surface area contributed by atoms with Crippen LogP contribution < -0.4 is 5.32 Å². The highest BCUT2D eigenvalue weighted by Crippen LogP contribution is 2.15. The molecule has 0 bridgehead atoms. The van der Waals surface area contributed by atoms with Crippen LogP contribution in [0.5, 0.6) is 0 Å². The third kappa shape index (κ3) is 3.87. The zero-order valence-electron chi connectivity index (χ0n) is 15.0. The van der Waals surface area contributed by atoms with E-state index in [0.717, 1.165) is 28.3 Å². The maximum absolute atomic E-state index is 4.66. The fourth-order valence-electron chi connectivity index (χ4n) is 2.88. The van der Waals surface area contributed by atoms with E-state index >= 15 is 0 Å². The van der Waals surface area contributed by atoms with E-state index in [2.05, 4.69) is 76.5 Å². The number of imidazole rings is 1. The molecule has 6 nitrogen and oxygen atoms in total. The second kappa shape index (κ2) is 7.31. The Hall–Kier alpha value is -2.28. The van der Waals surface area contributed by atoms with Crippen LogP contribution in [-0.2, 0) is 20.1 Å². The Labute approximate surface area is 156 Å². The summed E-state index contributed by atoms with van der Waals surface area (Å²) in [6, 6.07) is 8.25. The summed E-state index contributed by atoms with van der Waals surface area (Å²) in [6.45, 7) is 3.48. The van der Waals surface area contributed by atoms with Gasteiger partial charge in [0.15, 0.2) is 5.96 Å². The van der Waals surface area contributed by atoms with Gasteiger partial charge in [0.1, 0.15) is 5.65 Å². The molecule has 0 radical (unpaired) electrons. The molecule has 0 saturated heterocycles. The zero-order chi connectivity index (χ0) is 18.0. The summed E-state index contributed by atoms with van der Waals surface area (Å²) < 4.78 is 5.30. The minimum Gasteiger partial charge on any atom is -0.352 e. The summed E-state index contributed by atoms with van der Waals surface area (Å²) in [4.78, 5) is 11.1. The maximum atomic E-state index is 4.66. The predicted molar refractivity (Wildman–Crippen MR) is 105 cm³/mol. The van der Waals surface area contributed by atoms with Crippen molar-refractivity contribution < 1.29 is 0 Å². The van der Waals surface area contributed by atoms with E-state index in [1.54, 1.807) is 7.05 Å². The van der Waals surface area contributed by atoms with Gasteiger partial charge in [-0.3, -0.25) is 4.99 Å². The van der Waals surface area contributed by atoms with Crippen molar-refractivity contribution in [3.05, 3.63) is 58.2 Å². The van der Waals surface area contributed by atoms with Gasteiger partial charge in [-0.05, 0) is 41.1 Å². The predicted octanol–water partition coefficient (Wildman–Crippen LogP) is 2.95. The van der Waals surface area contributed by atoms with Crippen molar-refractivity contribution in [2.75, 3.05) is 14.1 Å². The van der Waals surface area contributed by atoms with E-state index in [-0.39, 0.29) is 0 Å². The van der Waals surface area contributed by atoms with Crippen LogP contribution in [0, 0.1) is 6.92 Å². The number of aliphatic imine (C=N–C) groups is 1. The largest absolute Gasteiger partial charge is 0.352 e. The highest BCUT2D eigenvalue weighted by molar-refractivity contribution is 9.10. The smallest absolute Gasteiger partial charge is 0.194 e. The van der Waals surface area contributed by atoms with Gasteiger partial charge in [0, 0.05) is 49.4 Å². The van der Waals surface area contributed by atoms with Gasteiger partial charge in [-0.1, -0.05) is 6.07 Å². The topological polar surface area (TPSA) is 49.9 Å². The Morgan fingerprint density at radius 2 is 2.16 bits per heavy atom. The fourth-order valence-corrected chi connectivity index (χ4v) is 3.45. The molecule has 0 saturated carbocycles. The molecule has 3 rings (SSSR count). The summed E-state index contributed by atoms with van der Waals surface area (Å²) in [5, 5.41) is 3.39. The summed E-state index contributed by atoms with van der Waals surface area (Å²) >= 11 is 3.52. The van der Waals surface area contributed by atoms with Gasteiger partial charge in [0.25, 0.3) is 0 Å².